The van der Waals surface area contributed by atoms with Crippen LogP contribution in [0.25, 0.3) is 28.4 Å². The van der Waals surface area contributed by atoms with E-state index in [9.17, 15) is 80.5 Å². The van der Waals surface area contributed by atoms with Crippen molar-refractivity contribution in [1.82, 2.24) is 0 Å². The quantitative estimate of drug-likeness (QED) is 0.0573. The number of hydrogen-bond acceptors (Lipinski definition) is 21. The molecule has 2 aliphatic rings. The van der Waals surface area contributed by atoms with Crippen LogP contribution in [0.15, 0.2) is 63.8 Å². The summed E-state index contributed by atoms with van der Waals surface area (Å²) in [5.74, 6) is -7.11. The maximum Gasteiger partial charge on any atom is 0.331 e. The highest BCUT2D eigenvalue weighted by Crippen LogP contribution is 2.52. The summed E-state index contributed by atoms with van der Waals surface area (Å²) in [6, 6.07) is 10.1. The van der Waals surface area contributed by atoms with Crippen LogP contribution in [0, 0.1) is 0 Å². The Kier molecular flexibility index (Phi) is 14.4. The molecule has 1 unspecified atom stereocenters. The first-order valence-electron chi connectivity index (χ1n) is 19.7. The van der Waals surface area contributed by atoms with Gasteiger partial charge in [-0.25, -0.2) is 4.79 Å². The van der Waals surface area contributed by atoms with Crippen LogP contribution in [0.1, 0.15) is 48.7 Å². The standard InChI is InChI=1S/C43H46O22/c1-43(59,13-26(49)50)14-28(52)65-41-36(57)32(53)24(15-44)62-39(41)30-34(55)29-21(48)12-22(18-5-7-19(46)8-6-18)61-38(29)31(35(30)56)40-42(37(58)33(54)25(16-45)63-40)64-27(51)10-4-17-3-9-20(47)23(11-17)60-2/h3-12,24-25,32-33,36-37,39-42,44-47,53-59H,13-16H2,1-2H3,(H,49,50)/b10-4+/t24-,25-,32-,33-,36+,37+,39+,40+,41-,42-,43?/m1/s1. The SMILES string of the molecule is COc1cc(/C=C/C(=O)O[C@@H]2[C@@H](O)[C@H](O)[C@@H](CO)O[C@H]2c2c(O)c([C@@H]3O[C@H](CO)[C@@H](O)[C@H](O)[C@H]3OC(=O)CC(C)(O)CC(=O)O)c(O)c3c(=O)cc(-c4ccc(O)cc4)oc23)ccc1O. The fourth-order valence-electron chi connectivity index (χ4n) is 7.65. The summed E-state index contributed by atoms with van der Waals surface area (Å²) in [6.45, 7) is -1.07. The number of ether oxygens (including phenoxy) is 5. The molecule has 4 aromatic rings. The molecular weight excluding hydrogens is 868 g/mol. The van der Waals surface area contributed by atoms with Crippen LogP contribution in [0.3, 0.4) is 0 Å². The minimum Gasteiger partial charge on any atom is -0.508 e. The summed E-state index contributed by atoms with van der Waals surface area (Å²) in [4.78, 5) is 52.3. The molecule has 11 atom stereocenters. The van der Waals surface area contributed by atoms with Gasteiger partial charge < -0.3 is 89.4 Å². The number of phenolic OH excluding ortho intramolecular Hbond substituents is 4. The molecule has 3 heterocycles. The van der Waals surface area contributed by atoms with Gasteiger partial charge in [0, 0.05) is 17.7 Å². The number of fused-ring (bicyclic) bond motifs is 1. The highest BCUT2D eigenvalue weighted by molar-refractivity contribution is 5.92. The van der Waals surface area contributed by atoms with E-state index >= 15 is 0 Å². The number of carbonyl (C=O) groups is 3. The molecular formula is C43H46O22. The first-order valence-corrected chi connectivity index (χ1v) is 19.7. The molecule has 12 N–H and O–H groups in total. The Morgan fingerprint density at radius 2 is 1.35 bits per heavy atom. The number of carbonyl (C=O) groups excluding carboxylic acids is 2. The number of aliphatic hydroxyl groups is 7. The van der Waals surface area contributed by atoms with Gasteiger partial charge in [-0.2, -0.15) is 0 Å². The van der Waals surface area contributed by atoms with Crippen molar-refractivity contribution in [2.45, 2.75) is 86.4 Å². The van der Waals surface area contributed by atoms with E-state index in [4.69, 9.17) is 28.1 Å². The smallest absolute Gasteiger partial charge is 0.331 e. The number of aliphatic carboxylic acids is 1. The molecule has 0 saturated carbocycles. The normalized spacial score (nSPS) is 26.7. The third kappa shape index (κ3) is 10.00. The van der Waals surface area contributed by atoms with Crippen LogP contribution in [0.2, 0.25) is 0 Å². The molecule has 22 nitrogen and oxygen atoms in total. The lowest BCUT2D eigenvalue weighted by molar-refractivity contribution is -0.243. The minimum absolute atomic E-state index is 0.0462. The van der Waals surface area contributed by atoms with Crippen molar-refractivity contribution in [3.05, 3.63) is 81.5 Å². The summed E-state index contributed by atoms with van der Waals surface area (Å²) in [7, 11) is 1.29. The van der Waals surface area contributed by atoms with Gasteiger partial charge in [-0.1, -0.05) is 6.07 Å². The van der Waals surface area contributed by atoms with E-state index in [2.05, 4.69) is 0 Å². The van der Waals surface area contributed by atoms with Crippen LogP contribution in [0.4, 0.5) is 0 Å². The highest BCUT2D eigenvalue weighted by Gasteiger charge is 2.53. The topological polar surface area (TPSA) is 370 Å². The van der Waals surface area contributed by atoms with Gasteiger partial charge >= 0.3 is 17.9 Å². The first kappa shape index (κ1) is 48.1. The number of carboxylic acid groups (broad SMARTS) is 1. The lowest BCUT2D eigenvalue weighted by atomic mass is 9.84. The van der Waals surface area contributed by atoms with E-state index in [0.717, 1.165) is 19.1 Å². The highest BCUT2D eigenvalue weighted by atomic mass is 16.6. The van der Waals surface area contributed by atoms with E-state index in [1.807, 2.05) is 0 Å². The van der Waals surface area contributed by atoms with Crippen molar-refractivity contribution in [3.8, 4) is 40.1 Å². The molecule has 6 rings (SSSR count). The van der Waals surface area contributed by atoms with Crippen molar-refractivity contribution in [2.75, 3.05) is 20.3 Å². The van der Waals surface area contributed by atoms with Crippen LogP contribution < -0.4 is 10.2 Å². The van der Waals surface area contributed by atoms with Gasteiger partial charge in [0.2, 0.25) is 0 Å². The Morgan fingerprint density at radius 3 is 1.92 bits per heavy atom. The molecule has 2 aliphatic heterocycles. The monoisotopic (exact) mass is 914 g/mol. The fourth-order valence-corrected chi connectivity index (χ4v) is 7.65. The van der Waals surface area contributed by atoms with Gasteiger partial charge in [0.15, 0.2) is 34.7 Å². The molecule has 0 aliphatic carbocycles. The van der Waals surface area contributed by atoms with Gasteiger partial charge in [-0.15, -0.1) is 0 Å². The first-order chi connectivity index (χ1) is 30.7. The molecule has 350 valence electrons. The van der Waals surface area contributed by atoms with E-state index < -0.39 is 150 Å². The van der Waals surface area contributed by atoms with Gasteiger partial charge in [0.05, 0.1) is 49.9 Å². The lowest BCUT2D eigenvalue weighted by Crippen LogP contribution is -2.57. The predicted molar refractivity (Wildman–Crippen MR) is 217 cm³/mol. The maximum absolute atomic E-state index is 14.2. The second-order valence-corrected chi connectivity index (χ2v) is 15.6. The molecule has 2 fully saturated rings. The summed E-state index contributed by atoms with van der Waals surface area (Å²) in [5, 5.41) is 128. The molecule has 1 aromatic heterocycles. The second kappa shape index (κ2) is 19.4. The fraction of sp³-hybridized carbons (Fsp3) is 0.395. The van der Waals surface area contributed by atoms with Crippen molar-refractivity contribution in [3.63, 3.8) is 0 Å². The van der Waals surface area contributed by atoms with Gasteiger partial charge in [0.1, 0.15) is 77.2 Å². The van der Waals surface area contributed by atoms with Crippen molar-refractivity contribution in [1.29, 1.82) is 0 Å². The van der Waals surface area contributed by atoms with Crippen molar-refractivity contribution in [2.24, 2.45) is 0 Å². The molecule has 22 heteroatoms. The summed E-state index contributed by atoms with van der Waals surface area (Å²) >= 11 is 0. The van der Waals surface area contributed by atoms with Crippen molar-refractivity contribution >= 4 is 35.0 Å². The Morgan fingerprint density at radius 1 is 0.769 bits per heavy atom. The number of hydrogen-bond donors (Lipinski definition) is 12. The number of carboxylic acids is 1. The summed E-state index contributed by atoms with van der Waals surface area (Å²) < 4.78 is 34.0. The molecule has 65 heavy (non-hydrogen) atoms. The third-order valence-corrected chi connectivity index (χ3v) is 10.8. The molecule has 2 saturated heterocycles. The van der Waals surface area contributed by atoms with E-state index in [1.54, 1.807) is 0 Å². The predicted octanol–water partition coefficient (Wildman–Crippen LogP) is -0.248. The number of aliphatic hydroxyl groups excluding tert-OH is 6. The summed E-state index contributed by atoms with van der Waals surface area (Å²) in [6.07, 6.45) is -20.4. The van der Waals surface area contributed by atoms with E-state index in [-0.39, 0.29) is 28.6 Å². The number of aromatic hydroxyl groups is 4. The Hall–Kier alpha value is -6.34. The molecule has 0 radical (unpaired) electrons. The largest absolute Gasteiger partial charge is 0.508 e. The molecule has 0 spiro atoms. The van der Waals surface area contributed by atoms with Crippen LogP contribution >= 0.6 is 0 Å². The zero-order chi connectivity index (χ0) is 47.7. The summed E-state index contributed by atoms with van der Waals surface area (Å²) in [5.41, 5.74) is -5.25. The number of methoxy groups -OCH3 is 1. The Bertz CT molecular complexity index is 2500. The minimum atomic E-state index is -2.23. The average molecular weight is 915 g/mol. The second-order valence-electron chi connectivity index (χ2n) is 15.6. The van der Waals surface area contributed by atoms with Crippen LogP contribution in [0.5, 0.6) is 28.7 Å². The average Bonchev–Trinajstić information content (AvgIpc) is 3.24. The van der Waals surface area contributed by atoms with Crippen molar-refractivity contribution < 1.29 is 104 Å². The lowest BCUT2D eigenvalue weighted by Gasteiger charge is -2.43. The number of rotatable bonds is 14. The Labute approximate surface area is 366 Å². The molecule has 0 bridgehead atoms. The Balaban J connectivity index is 1.57. The third-order valence-electron chi connectivity index (χ3n) is 10.8. The molecule has 0 amide bonds. The molecule has 3 aromatic carbocycles. The number of benzene rings is 3. The zero-order valence-corrected chi connectivity index (χ0v) is 34.3. The van der Waals surface area contributed by atoms with E-state index in [1.165, 1.54) is 55.7 Å². The van der Waals surface area contributed by atoms with Gasteiger partial charge in [-0.05, 0) is 55.0 Å². The number of phenols is 4. The van der Waals surface area contributed by atoms with Gasteiger partial charge in [0.25, 0.3) is 0 Å². The van der Waals surface area contributed by atoms with Crippen LogP contribution in [-0.4, -0.2) is 154 Å². The number of esters is 2. The zero-order valence-electron chi connectivity index (χ0n) is 34.3. The maximum atomic E-state index is 14.2. The van der Waals surface area contributed by atoms with Crippen LogP contribution in [-0.2, 0) is 33.3 Å². The van der Waals surface area contributed by atoms with E-state index in [0.29, 0.717) is 5.56 Å². The van der Waals surface area contributed by atoms with Gasteiger partial charge in [-0.3, -0.25) is 14.4 Å².